The van der Waals surface area contributed by atoms with Crippen LogP contribution in [-0.2, 0) is 6.54 Å². The van der Waals surface area contributed by atoms with E-state index in [-0.39, 0.29) is 11.7 Å². The van der Waals surface area contributed by atoms with E-state index in [4.69, 9.17) is 0 Å². The van der Waals surface area contributed by atoms with Crippen molar-refractivity contribution in [2.45, 2.75) is 33.2 Å². The largest absolute Gasteiger partial charge is 0.306 e. The number of nitrogens with one attached hydrogen (secondary N) is 1. The van der Waals surface area contributed by atoms with Crippen LogP contribution in [0.3, 0.4) is 0 Å². The van der Waals surface area contributed by atoms with Crippen LogP contribution in [0.4, 0.5) is 10.2 Å². The van der Waals surface area contributed by atoms with Crippen molar-refractivity contribution in [1.29, 1.82) is 0 Å². The van der Waals surface area contributed by atoms with Gasteiger partial charge in [0, 0.05) is 17.5 Å². The molecule has 0 saturated heterocycles. The van der Waals surface area contributed by atoms with Crippen LogP contribution in [0.1, 0.15) is 33.8 Å². The van der Waals surface area contributed by atoms with Gasteiger partial charge < -0.3 is 5.32 Å². The summed E-state index contributed by atoms with van der Waals surface area (Å²) in [6.45, 7) is 4.70. The van der Waals surface area contributed by atoms with Crippen LogP contribution >= 0.6 is 11.3 Å². The number of aromatic nitrogens is 4. The predicted molar refractivity (Wildman–Crippen MR) is 111 cm³/mol. The molecule has 1 N–H and O–H groups in total. The molecule has 29 heavy (non-hydrogen) atoms. The minimum absolute atomic E-state index is 0.156. The van der Waals surface area contributed by atoms with Crippen LogP contribution in [0.25, 0.3) is 15.9 Å². The molecule has 6 nitrogen and oxygen atoms in total. The number of hydrogen-bond donors (Lipinski definition) is 1. The number of thiophene rings is 1. The Labute approximate surface area is 171 Å². The van der Waals surface area contributed by atoms with Gasteiger partial charge in [0.05, 0.1) is 22.5 Å². The van der Waals surface area contributed by atoms with Crippen molar-refractivity contribution < 1.29 is 9.18 Å². The molecule has 1 amide bonds. The molecule has 1 aliphatic carbocycles. The average Bonchev–Trinajstić information content (AvgIpc) is 3.18. The number of carbonyl (C=O) groups is 1. The smallest absolute Gasteiger partial charge is 0.266 e. The summed E-state index contributed by atoms with van der Waals surface area (Å²) in [6, 6.07) is 8.04. The molecule has 0 unspecified atom stereocenters. The lowest BCUT2D eigenvalue weighted by Gasteiger charge is -2.09. The fraction of sp³-hybridized carbons (Fsp3) is 0.286. The molecule has 1 saturated carbocycles. The molecule has 5 rings (SSSR count). The third kappa shape index (κ3) is 3.33. The maximum atomic E-state index is 13.3. The SMILES string of the molecule is Cc1cnn(CC2CC2)c1NC(=O)c1cc2c(C)nn(-c3ccc(F)cc3)c2s1. The summed E-state index contributed by atoms with van der Waals surface area (Å²) in [4.78, 5) is 14.4. The van der Waals surface area contributed by atoms with Gasteiger partial charge in [-0.05, 0) is 62.9 Å². The summed E-state index contributed by atoms with van der Waals surface area (Å²) < 4.78 is 16.9. The van der Waals surface area contributed by atoms with Crippen molar-refractivity contribution in [2.24, 2.45) is 5.92 Å². The van der Waals surface area contributed by atoms with Crippen LogP contribution in [0.5, 0.6) is 0 Å². The fourth-order valence-electron chi connectivity index (χ4n) is 3.41. The molecule has 8 heteroatoms. The fourth-order valence-corrected chi connectivity index (χ4v) is 4.49. The molecular weight excluding hydrogens is 389 g/mol. The first-order valence-electron chi connectivity index (χ1n) is 9.58. The number of halogens is 1. The van der Waals surface area contributed by atoms with Crippen LogP contribution < -0.4 is 5.32 Å². The van der Waals surface area contributed by atoms with E-state index in [0.29, 0.717) is 10.8 Å². The molecule has 3 aromatic heterocycles. The van der Waals surface area contributed by atoms with Gasteiger partial charge >= 0.3 is 0 Å². The van der Waals surface area contributed by atoms with Gasteiger partial charge in [-0.2, -0.15) is 10.2 Å². The molecule has 0 aliphatic heterocycles. The molecule has 148 valence electrons. The quantitative estimate of drug-likeness (QED) is 0.520. The minimum Gasteiger partial charge on any atom is -0.306 e. The Bertz CT molecular complexity index is 1220. The second-order valence-corrected chi connectivity index (χ2v) is 8.59. The molecule has 0 spiro atoms. The van der Waals surface area contributed by atoms with Gasteiger partial charge in [0.2, 0.25) is 0 Å². The Kier molecular flexibility index (Phi) is 4.24. The van der Waals surface area contributed by atoms with E-state index in [1.54, 1.807) is 23.0 Å². The predicted octanol–water partition coefficient (Wildman–Crippen LogP) is 4.70. The molecule has 0 radical (unpaired) electrons. The van der Waals surface area contributed by atoms with E-state index in [2.05, 4.69) is 15.5 Å². The summed E-state index contributed by atoms with van der Waals surface area (Å²) in [7, 11) is 0. The van der Waals surface area contributed by atoms with Crippen molar-refractivity contribution in [3.8, 4) is 5.69 Å². The van der Waals surface area contributed by atoms with Crippen molar-refractivity contribution in [3.05, 3.63) is 58.5 Å². The van der Waals surface area contributed by atoms with Gasteiger partial charge in [0.1, 0.15) is 16.5 Å². The van der Waals surface area contributed by atoms with E-state index in [1.807, 2.05) is 24.6 Å². The highest BCUT2D eigenvalue weighted by molar-refractivity contribution is 7.20. The van der Waals surface area contributed by atoms with E-state index < -0.39 is 0 Å². The number of anilines is 1. The Morgan fingerprint density at radius 1 is 1.28 bits per heavy atom. The molecule has 0 atom stereocenters. The van der Waals surface area contributed by atoms with Gasteiger partial charge in [-0.1, -0.05) is 0 Å². The first-order chi connectivity index (χ1) is 14.0. The summed E-state index contributed by atoms with van der Waals surface area (Å²) in [5.41, 5.74) is 2.54. The third-order valence-corrected chi connectivity index (χ3v) is 6.33. The maximum absolute atomic E-state index is 13.3. The number of aryl methyl sites for hydroxylation is 2. The molecule has 1 aromatic carbocycles. The van der Waals surface area contributed by atoms with Gasteiger partial charge in [-0.15, -0.1) is 11.3 Å². The zero-order valence-electron chi connectivity index (χ0n) is 16.1. The minimum atomic E-state index is -0.293. The van der Waals surface area contributed by atoms with Gasteiger partial charge in [-0.25, -0.2) is 13.8 Å². The third-order valence-electron chi connectivity index (χ3n) is 5.22. The van der Waals surface area contributed by atoms with E-state index in [1.165, 1.54) is 36.3 Å². The first kappa shape index (κ1) is 18.1. The number of fused-ring (bicyclic) bond motifs is 1. The maximum Gasteiger partial charge on any atom is 0.266 e. The van der Waals surface area contributed by atoms with Gasteiger partial charge in [0.25, 0.3) is 5.91 Å². The lowest BCUT2D eigenvalue weighted by molar-refractivity contribution is 0.102. The second kappa shape index (κ2) is 6.81. The van der Waals surface area contributed by atoms with Crippen LogP contribution in [0.15, 0.2) is 36.5 Å². The highest BCUT2D eigenvalue weighted by Gasteiger charge is 2.25. The average molecular weight is 409 g/mol. The molecule has 3 heterocycles. The monoisotopic (exact) mass is 409 g/mol. The highest BCUT2D eigenvalue weighted by atomic mass is 32.1. The number of hydrogen-bond acceptors (Lipinski definition) is 4. The normalized spacial score (nSPS) is 13.9. The van der Waals surface area contributed by atoms with Gasteiger partial charge in [0.15, 0.2) is 0 Å². The zero-order valence-corrected chi connectivity index (χ0v) is 17.0. The Morgan fingerprint density at radius 2 is 2.03 bits per heavy atom. The van der Waals surface area contributed by atoms with E-state index in [9.17, 15) is 9.18 Å². The molecular formula is C21H20FN5OS. The zero-order chi connectivity index (χ0) is 20.1. The van der Waals surface area contributed by atoms with Crippen molar-refractivity contribution in [3.63, 3.8) is 0 Å². The standard InChI is InChI=1S/C21H20FN5OS/c1-12-10-23-26(11-14-3-4-14)19(12)24-20(28)18-9-17-13(2)25-27(21(17)29-18)16-7-5-15(22)6-8-16/h5-10,14H,3-4,11H2,1-2H3,(H,24,28). The first-order valence-corrected chi connectivity index (χ1v) is 10.4. The summed E-state index contributed by atoms with van der Waals surface area (Å²) in [5, 5.41) is 12.9. The molecule has 0 bridgehead atoms. The number of benzene rings is 1. The lowest BCUT2D eigenvalue weighted by Crippen LogP contribution is -2.16. The number of carbonyl (C=O) groups excluding carboxylic acids is 1. The van der Waals surface area contributed by atoms with Crippen molar-refractivity contribution in [2.75, 3.05) is 5.32 Å². The highest BCUT2D eigenvalue weighted by Crippen LogP contribution is 2.33. The van der Waals surface area contributed by atoms with Crippen molar-refractivity contribution in [1.82, 2.24) is 19.6 Å². The molecule has 4 aromatic rings. The summed E-state index contributed by atoms with van der Waals surface area (Å²) in [5.74, 6) is 0.977. The number of amides is 1. The summed E-state index contributed by atoms with van der Waals surface area (Å²) >= 11 is 1.38. The summed E-state index contributed by atoms with van der Waals surface area (Å²) in [6.07, 6.45) is 4.24. The number of rotatable bonds is 5. The van der Waals surface area contributed by atoms with E-state index in [0.717, 1.165) is 39.5 Å². The van der Waals surface area contributed by atoms with Crippen LogP contribution in [-0.4, -0.2) is 25.5 Å². The molecule has 1 aliphatic rings. The second-order valence-electron chi connectivity index (χ2n) is 7.56. The Hall–Kier alpha value is -3.00. The molecule has 1 fully saturated rings. The number of nitrogens with zero attached hydrogens (tertiary/aromatic N) is 4. The van der Waals surface area contributed by atoms with Crippen LogP contribution in [0.2, 0.25) is 0 Å². The van der Waals surface area contributed by atoms with Crippen LogP contribution in [0, 0.1) is 25.6 Å². The van der Waals surface area contributed by atoms with Crippen molar-refractivity contribution >= 4 is 33.3 Å². The lowest BCUT2D eigenvalue weighted by atomic mass is 10.3. The van der Waals surface area contributed by atoms with Gasteiger partial charge in [-0.3, -0.25) is 4.79 Å². The Morgan fingerprint density at radius 3 is 2.76 bits per heavy atom. The topological polar surface area (TPSA) is 64.7 Å². The van der Waals surface area contributed by atoms with E-state index >= 15 is 0 Å². The Balaban J connectivity index is 1.46.